The maximum Gasteiger partial charge on any atom is 0.270 e. The Hall–Kier alpha value is -6.55. The largest absolute Gasteiger partial charge is 0.337 e. The molecule has 0 saturated carbocycles. The van der Waals surface area contributed by atoms with Gasteiger partial charge in [-0.2, -0.15) is 0 Å². The zero-order valence-electron chi connectivity index (χ0n) is 31.5. The molecule has 0 saturated heterocycles. The minimum absolute atomic E-state index is 0.0343. The van der Waals surface area contributed by atoms with Crippen molar-refractivity contribution in [2.24, 2.45) is 0 Å². The average Bonchev–Trinajstić information content (AvgIpc) is 3.91. The van der Waals surface area contributed by atoms with E-state index in [1.807, 2.05) is 85.3 Å². The number of non-ortho nitro benzene ring substituents is 1. The second-order valence-electron chi connectivity index (χ2n) is 12.8. The summed E-state index contributed by atoms with van der Waals surface area (Å²) >= 11 is 3.36. The molecule has 0 bridgehead atoms. The first-order valence-corrected chi connectivity index (χ1v) is 22.1. The quantitative estimate of drug-likeness (QED) is 0.0647. The SMILES string of the molecule is CSc1ccc(-c2nc(-c3cccc(NS(C)(=O)=O)c3)c(-c3ccncc3)[nH]2)cc1.CSc1ccc(-c2nc(-c3cccc([N+](=O)[O-])c3)c(-c3ccncc3)[nH]2)cc1. The lowest BCUT2D eigenvalue weighted by Crippen LogP contribution is -2.09. The molecule has 290 valence electrons. The summed E-state index contributed by atoms with van der Waals surface area (Å²) in [6.45, 7) is 0. The van der Waals surface area contributed by atoms with Crippen LogP contribution in [0, 0.1) is 10.1 Å². The lowest BCUT2D eigenvalue weighted by Gasteiger charge is -2.07. The molecule has 0 aliphatic rings. The average molecular weight is 825 g/mol. The second-order valence-corrected chi connectivity index (χ2v) is 16.3. The van der Waals surface area contributed by atoms with E-state index < -0.39 is 14.9 Å². The van der Waals surface area contributed by atoms with E-state index in [0.29, 0.717) is 22.8 Å². The van der Waals surface area contributed by atoms with E-state index in [1.54, 1.807) is 78.6 Å². The lowest BCUT2D eigenvalue weighted by atomic mass is 10.1. The van der Waals surface area contributed by atoms with Crippen LogP contribution < -0.4 is 4.72 Å². The molecule has 0 fully saturated rings. The molecule has 12 nitrogen and oxygen atoms in total. The van der Waals surface area contributed by atoms with Gasteiger partial charge in [0.1, 0.15) is 11.6 Å². The van der Waals surface area contributed by atoms with Gasteiger partial charge in [0.05, 0.1) is 34.0 Å². The number of hydrogen-bond acceptors (Lipinski definition) is 10. The van der Waals surface area contributed by atoms with Gasteiger partial charge in [-0.25, -0.2) is 18.4 Å². The van der Waals surface area contributed by atoms with E-state index in [2.05, 4.69) is 36.8 Å². The van der Waals surface area contributed by atoms with E-state index in [4.69, 9.17) is 9.97 Å². The Bertz CT molecular complexity index is 2780. The third-order valence-electron chi connectivity index (χ3n) is 8.84. The highest BCUT2D eigenvalue weighted by atomic mass is 32.2. The third kappa shape index (κ3) is 9.52. The number of nitrogens with one attached hydrogen (secondary N) is 3. The summed E-state index contributed by atoms with van der Waals surface area (Å²) in [5.74, 6) is 1.45. The summed E-state index contributed by atoms with van der Waals surface area (Å²) < 4.78 is 25.8. The Morgan fingerprint density at radius 3 is 1.47 bits per heavy atom. The summed E-state index contributed by atoms with van der Waals surface area (Å²) in [6.07, 6.45) is 12.1. The number of nitro groups is 1. The predicted molar refractivity (Wildman–Crippen MR) is 234 cm³/mol. The number of nitro benzene ring substituents is 1. The third-order valence-corrected chi connectivity index (χ3v) is 10.9. The van der Waals surface area contributed by atoms with Gasteiger partial charge in [0.2, 0.25) is 10.0 Å². The molecule has 8 rings (SSSR count). The van der Waals surface area contributed by atoms with Crippen molar-refractivity contribution >= 4 is 44.9 Å². The minimum atomic E-state index is -3.37. The highest BCUT2D eigenvalue weighted by Gasteiger charge is 2.19. The van der Waals surface area contributed by atoms with Crippen LogP contribution in [0.15, 0.2) is 156 Å². The fraction of sp³-hybridized carbons (Fsp3) is 0.0698. The summed E-state index contributed by atoms with van der Waals surface area (Å²) in [4.78, 5) is 37.8. The van der Waals surface area contributed by atoms with Crippen molar-refractivity contribution < 1.29 is 13.3 Å². The van der Waals surface area contributed by atoms with Gasteiger partial charge in [-0.05, 0) is 73.2 Å². The number of imidazole rings is 2. The fourth-order valence-electron chi connectivity index (χ4n) is 6.10. The van der Waals surface area contributed by atoms with Gasteiger partial charge in [0.15, 0.2) is 0 Å². The molecule has 4 aromatic carbocycles. The van der Waals surface area contributed by atoms with Crippen molar-refractivity contribution in [1.82, 2.24) is 29.9 Å². The van der Waals surface area contributed by atoms with Crippen LogP contribution in [0.25, 0.3) is 67.8 Å². The Morgan fingerprint density at radius 1 is 0.586 bits per heavy atom. The van der Waals surface area contributed by atoms with E-state index in [1.165, 1.54) is 15.9 Å². The zero-order chi connectivity index (χ0) is 40.6. The maximum absolute atomic E-state index is 11.6. The number of thioether (sulfide) groups is 2. The van der Waals surface area contributed by atoms with Crippen molar-refractivity contribution in [3.8, 4) is 67.8 Å². The topological polar surface area (TPSA) is 172 Å². The molecule has 4 heterocycles. The van der Waals surface area contributed by atoms with E-state index in [-0.39, 0.29) is 5.69 Å². The number of anilines is 1. The first-order valence-electron chi connectivity index (χ1n) is 17.7. The van der Waals surface area contributed by atoms with Crippen LogP contribution in [0.1, 0.15) is 0 Å². The van der Waals surface area contributed by atoms with E-state index in [9.17, 15) is 18.5 Å². The van der Waals surface area contributed by atoms with Crippen LogP contribution in [-0.4, -0.2) is 62.0 Å². The number of H-pyrrole nitrogens is 2. The van der Waals surface area contributed by atoms with Crippen molar-refractivity contribution in [2.45, 2.75) is 9.79 Å². The van der Waals surface area contributed by atoms with Gasteiger partial charge in [-0.3, -0.25) is 24.8 Å². The Labute approximate surface area is 343 Å². The molecule has 0 amide bonds. The maximum atomic E-state index is 11.6. The Kier molecular flexibility index (Phi) is 12.1. The molecule has 0 radical (unpaired) electrons. The van der Waals surface area contributed by atoms with Crippen molar-refractivity contribution in [1.29, 1.82) is 0 Å². The van der Waals surface area contributed by atoms with Crippen LogP contribution in [0.3, 0.4) is 0 Å². The monoisotopic (exact) mass is 824 g/mol. The molecule has 4 aromatic heterocycles. The number of pyridine rings is 2. The molecule has 0 aliphatic carbocycles. The molecule has 0 spiro atoms. The molecule has 58 heavy (non-hydrogen) atoms. The summed E-state index contributed by atoms with van der Waals surface area (Å²) in [5, 5.41) is 11.2. The standard InChI is InChI=1S/C22H20N4O2S2.C21H16N4O2S/c1-29-19-8-6-16(7-9-19)22-24-20(15-10-12-23-13-11-15)21(25-22)17-4-3-5-18(14-17)26-30(2,27)28;1-28-18-7-5-15(6-8-18)21-23-19(14-9-11-22-12-10-14)20(24-21)16-3-2-4-17(13-16)25(26)27/h3-14,26H,1-2H3,(H,24,25);2-13H,1H3,(H,23,24). The molecular formula is C43H36N8O4S3. The van der Waals surface area contributed by atoms with Crippen molar-refractivity contribution in [2.75, 3.05) is 23.5 Å². The summed E-state index contributed by atoms with van der Waals surface area (Å²) in [5.41, 5.74) is 8.84. The fourth-order valence-corrected chi connectivity index (χ4v) is 7.47. The van der Waals surface area contributed by atoms with Crippen LogP contribution in [0.5, 0.6) is 0 Å². The number of hydrogen-bond donors (Lipinski definition) is 3. The zero-order valence-corrected chi connectivity index (χ0v) is 33.9. The highest BCUT2D eigenvalue weighted by molar-refractivity contribution is 7.98. The Balaban J connectivity index is 0.000000177. The first-order chi connectivity index (χ1) is 28.1. The van der Waals surface area contributed by atoms with Crippen LogP contribution in [0.4, 0.5) is 11.4 Å². The van der Waals surface area contributed by atoms with Gasteiger partial charge in [0.25, 0.3) is 5.69 Å². The number of rotatable bonds is 11. The molecule has 0 aliphatic heterocycles. The predicted octanol–water partition coefficient (Wildman–Crippen LogP) is 10.3. The summed E-state index contributed by atoms with van der Waals surface area (Å²) in [7, 11) is -3.37. The smallest absolute Gasteiger partial charge is 0.270 e. The number of aromatic amines is 2. The van der Waals surface area contributed by atoms with Gasteiger partial charge in [-0.1, -0.05) is 48.5 Å². The minimum Gasteiger partial charge on any atom is -0.337 e. The Morgan fingerprint density at radius 2 is 1.03 bits per heavy atom. The molecule has 8 aromatic rings. The van der Waals surface area contributed by atoms with Crippen molar-refractivity contribution in [3.63, 3.8) is 0 Å². The van der Waals surface area contributed by atoms with Gasteiger partial charge in [0, 0.05) is 85.8 Å². The molecule has 15 heteroatoms. The van der Waals surface area contributed by atoms with Crippen LogP contribution in [-0.2, 0) is 10.0 Å². The highest BCUT2D eigenvalue weighted by Crippen LogP contribution is 2.36. The molecule has 0 atom stereocenters. The number of benzene rings is 4. The normalized spacial score (nSPS) is 11.1. The summed E-state index contributed by atoms with van der Waals surface area (Å²) in [6, 6.07) is 37.6. The van der Waals surface area contributed by atoms with Gasteiger partial charge >= 0.3 is 0 Å². The number of nitrogens with zero attached hydrogens (tertiary/aromatic N) is 5. The van der Waals surface area contributed by atoms with Crippen molar-refractivity contribution in [3.05, 3.63) is 156 Å². The second kappa shape index (κ2) is 17.7. The molecular weight excluding hydrogens is 789 g/mol. The number of sulfonamides is 1. The van der Waals surface area contributed by atoms with Crippen LogP contribution >= 0.6 is 23.5 Å². The number of aromatic nitrogens is 6. The van der Waals surface area contributed by atoms with E-state index in [0.717, 1.165) is 57.0 Å². The van der Waals surface area contributed by atoms with Crippen LogP contribution in [0.2, 0.25) is 0 Å². The van der Waals surface area contributed by atoms with Gasteiger partial charge < -0.3 is 9.97 Å². The van der Waals surface area contributed by atoms with Gasteiger partial charge in [-0.15, -0.1) is 23.5 Å². The molecule has 0 unspecified atom stereocenters. The lowest BCUT2D eigenvalue weighted by molar-refractivity contribution is -0.384. The molecule has 3 N–H and O–H groups in total. The van der Waals surface area contributed by atoms with E-state index >= 15 is 0 Å². The first kappa shape index (κ1) is 39.7.